The molecule has 0 amide bonds. The van der Waals surface area contributed by atoms with Crippen molar-refractivity contribution in [2.24, 2.45) is 18.9 Å². The quantitative estimate of drug-likeness (QED) is 0.397. The highest BCUT2D eigenvalue weighted by atomic mass is 32.1. The second-order valence-electron chi connectivity index (χ2n) is 9.20. The predicted octanol–water partition coefficient (Wildman–Crippen LogP) is 4.93. The summed E-state index contributed by atoms with van der Waals surface area (Å²) in [6.45, 7) is 8.13. The molecular formula is C24H31N7OS. The van der Waals surface area contributed by atoms with Gasteiger partial charge < -0.3 is 14.6 Å². The number of imidazole rings is 1. The van der Waals surface area contributed by atoms with Gasteiger partial charge in [-0.3, -0.25) is 4.68 Å². The minimum Gasteiger partial charge on any atom is -0.384 e. The maximum Gasteiger partial charge on any atom is 0.199 e. The van der Waals surface area contributed by atoms with Crippen molar-refractivity contribution in [1.29, 1.82) is 0 Å². The summed E-state index contributed by atoms with van der Waals surface area (Å²) < 4.78 is 9.35. The number of methoxy groups -OCH3 is 1. The van der Waals surface area contributed by atoms with Crippen molar-refractivity contribution in [1.82, 2.24) is 29.3 Å². The third-order valence-corrected chi connectivity index (χ3v) is 7.88. The number of aryl methyl sites for hydroxylation is 2. The number of nitrogens with one attached hydrogen (secondary N) is 1. The van der Waals surface area contributed by atoms with Gasteiger partial charge >= 0.3 is 0 Å². The van der Waals surface area contributed by atoms with Gasteiger partial charge in [-0.05, 0) is 57.1 Å². The van der Waals surface area contributed by atoms with Crippen LogP contribution in [0.4, 0.5) is 5.82 Å². The van der Waals surface area contributed by atoms with Gasteiger partial charge in [0.1, 0.15) is 16.3 Å². The van der Waals surface area contributed by atoms with E-state index >= 15 is 0 Å². The first-order chi connectivity index (χ1) is 16.0. The minimum atomic E-state index is 0.322. The van der Waals surface area contributed by atoms with Crippen LogP contribution in [-0.2, 0) is 11.8 Å². The second kappa shape index (κ2) is 8.87. The zero-order valence-corrected chi connectivity index (χ0v) is 20.7. The zero-order valence-electron chi connectivity index (χ0n) is 19.9. The van der Waals surface area contributed by atoms with Gasteiger partial charge in [0.25, 0.3) is 0 Å². The van der Waals surface area contributed by atoms with Crippen LogP contribution in [0.5, 0.6) is 0 Å². The van der Waals surface area contributed by atoms with Crippen molar-refractivity contribution in [3.63, 3.8) is 0 Å². The first-order valence-corrected chi connectivity index (χ1v) is 12.3. The van der Waals surface area contributed by atoms with E-state index in [1.165, 1.54) is 18.4 Å². The molecule has 2 atom stereocenters. The first-order valence-electron chi connectivity index (χ1n) is 11.5. The molecule has 0 saturated heterocycles. The molecule has 4 heterocycles. The molecule has 0 radical (unpaired) electrons. The average molecular weight is 466 g/mol. The van der Waals surface area contributed by atoms with Crippen molar-refractivity contribution >= 4 is 27.4 Å². The zero-order chi connectivity index (χ0) is 23.1. The molecule has 33 heavy (non-hydrogen) atoms. The van der Waals surface area contributed by atoms with Gasteiger partial charge in [-0.2, -0.15) is 5.10 Å². The van der Waals surface area contributed by atoms with Gasteiger partial charge in [0.05, 0.1) is 10.3 Å². The highest BCUT2D eigenvalue weighted by Crippen LogP contribution is 2.41. The lowest BCUT2D eigenvalue weighted by molar-refractivity contribution is 0.0658. The fourth-order valence-corrected chi connectivity index (χ4v) is 5.65. The van der Waals surface area contributed by atoms with E-state index in [9.17, 15) is 0 Å². The molecule has 8 nitrogen and oxygen atoms in total. The van der Waals surface area contributed by atoms with E-state index in [0.717, 1.165) is 45.6 Å². The van der Waals surface area contributed by atoms with Gasteiger partial charge in [-0.15, -0.1) is 11.3 Å². The van der Waals surface area contributed by atoms with Crippen molar-refractivity contribution in [3.8, 4) is 22.2 Å². The molecule has 4 aromatic rings. The summed E-state index contributed by atoms with van der Waals surface area (Å²) in [6, 6.07) is 2.41. The summed E-state index contributed by atoms with van der Waals surface area (Å²) >= 11 is 1.67. The molecule has 5 rings (SSSR count). The molecular weight excluding hydrogens is 434 g/mol. The topological polar surface area (TPSA) is 82.7 Å². The Balaban J connectivity index is 1.56. The first kappa shape index (κ1) is 22.0. The number of ether oxygens (including phenoxy) is 1. The molecule has 0 unspecified atom stereocenters. The Kier molecular flexibility index (Phi) is 5.92. The lowest BCUT2D eigenvalue weighted by Crippen LogP contribution is -2.34. The average Bonchev–Trinajstić information content (AvgIpc) is 3.50. The number of hydrogen-bond donors (Lipinski definition) is 1. The Labute approximate surface area is 198 Å². The number of hydrogen-bond acceptors (Lipinski definition) is 7. The Morgan fingerprint density at radius 3 is 2.67 bits per heavy atom. The van der Waals surface area contributed by atoms with E-state index in [0.29, 0.717) is 23.7 Å². The number of nitrogens with zero attached hydrogens (tertiary/aromatic N) is 6. The summed E-state index contributed by atoms with van der Waals surface area (Å²) in [5.41, 5.74) is 2.15. The van der Waals surface area contributed by atoms with E-state index in [-0.39, 0.29) is 0 Å². The van der Waals surface area contributed by atoms with Crippen LogP contribution >= 0.6 is 11.3 Å². The fourth-order valence-electron chi connectivity index (χ4n) is 4.51. The number of rotatable bonds is 8. The lowest BCUT2D eigenvalue weighted by atomic mass is 9.74. The third-order valence-electron chi connectivity index (χ3n) is 6.67. The predicted molar refractivity (Wildman–Crippen MR) is 133 cm³/mol. The monoisotopic (exact) mass is 465 g/mol. The van der Waals surface area contributed by atoms with Crippen molar-refractivity contribution in [2.45, 2.75) is 39.7 Å². The molecule has 0 bridgehead atoms. The van der Waals surface area contributed by atoms with E-state index < -0.39 is 0 Å². The fraction of sp³-hybridized carbons (Fsp3) is 0.500. The summed E-state index contributed by atoms with van der Waals surface area (Å²) in [7, 11) is 3.75. The van der Waals surface area contributed by atoms with Crippen LogP contribution in [0.15, 0.2) is 24.7 Å². The number of anilines is 1. The van der Waals surface area contributed by atoms with E-state index in [1.807, 2.05) is 28.7 Å². The maximum atomic E-state index is 5.40. The van der Waals surface area contributed by atoms with Crippen LogP contribution in [-0.4, -0.2) is 49.6 Å². The van der Waals surface area contributed by atoms with Crippen molar-refractivity contribution in [2.75, 3.05) is 25.6 Å². The van der Waals surface area contributed by atoms with Crippen molar-refractivity contribution < 1.29 is 4.74 Å². The van der Waals surface area contributed by atoms with E-state index in [4.69, 9.17) is 19.8 Å². The summed E-state index contributed by atoms with van der Waals surface area (Å²) in [4.78, 5) is 16.5. The van der Waals surface area contributed by atoms with Gasteiger partial charge in [0.15, 0.2) is 11.6 Å². The number of aromatic nitrogens is 6. The van der Waals surface area contributed by atoms with Crippen LogP contribution in [0.25, 0.3) is 32.4 Å². The van der Waals surface area contributed by atoms with Gasteiger partial charge in [-0.1, -0.05) is 0 Å². The standard InChI is InChI=1S/C24H31N7OS/c1-14(2)31-10-8-18(29-31)20-15(3)19-21(26-12-16-6-7-17(16)13-32-5)27-22(28-24(19)33-20)23-25-9-11-30(23)4/h8-11,14,16-17H,6-7,12-13H2,1-5H3,(H,26,27,28)/t16-,17+/m1/s1. The Morgan fingerprint density at radius 2 is 2.03 bits per heavy atom. The van der Waals surface area contributed by atoms with Crippen LogP contribution < -0.4 is 5.32 Å². The molecule has 174 valence electrons. The summed E-state index contributed by atoms with van der Waals surface area (Å²) in [5, 5.41) is 9.55. The molecule has 1 saturated carbocycles. The van der Waals surface area contributed by atoms with Crippen molar-refractivity contribution in [3.05, 3.63) is 30.2 Å². The van der Waals surface area contributed by atoms with Gasteiger partial charge in [-0.25, -0.2) is 15.0 Å². The Bertz CT molecular complexity index is 1270. The largest absolute Gasteiger partial charge is 0.384 e. The molecule has 0 aliphatic heterocycles. The maximum absolute atomic E-state index is 5.40. The van der Waals surface area contributed by atoms with Crippen LogP contribution in [0.2, 0.25) is 0 Å². The highest BCUT2D eigenvalue weighted by Gasteiger charge is 2.31. The molecule has 1 fully saturated rings. The van der Waals surface area contributed by atoms with Gasteiger partial charge in [0.2, 0.25) is 0 Å². The normalized spacial score (nSPS) is 18.2. The van der Waals surface area contributed by atoms with Gasteiger partial charge in [0, 0.05) is 51.9 Å². The summed E-state index contributed by atoms with van der Waals surface area (Å²) in [6.07, 6.45) is 8.20. The molecule has 1 aliphatic rings. The molecule has 0 aromatic carbocycles. The van der Waals surface area contributed by atoms with Crippen LogP contribution in [0.1, 0.15) is 38.3 Å². The molecule has 4 aromatic heterocycles. The highest BCUT2D eigenvalue weighted by molar-refractivity contribution is 7.22. The minimum absolute atomic E-state index is 0.322. The molecule has 9 heteroatoms. The third kappa shape index (κ3) is 4.04. The Hall–Kier alpha value is -2.78. The molecule has 0 spiro atoms. The Morgan fingerprint density at radius 1 is 1.21 bits per heavy atom. The summed E-state index contributed by atoms with van der Waals surface area (Å²) in [5.74, 6) is 3.50. The molecule has 1 aliphatic carbocycles. The van der Waals surface area contributed by atoms with Crippen LogP contribution in [0.3, 0.4) is 0 Å². The second-order valence-corrected chi connectivity index (χ2v) is 10.2. The smallest absolute Gasteiger partial charge is 0.199 e. The van der Waals surface area contributed by atoms with E-state index in [1.54, 1.807) is 24.6 Å². The molecule has 1 N–H and O–H groups in total. The van der Waals surface area contributed by atoms with Crippen LogP contribution in [0, 0.1) is 18.8 Å². The number of fused-ring (bicyclic) bond motifs is 1. The number of thiophene rings is 1. The SMILES string of the molecule is COC[C@@H]1CC[C@@H]1CNc1nc(-c2nccn2C)nc2sc(-c3ccn(C(C)C)n3)c(C)c12. The van der Waals surface area contributed by atoms with E-state index in [2.05, 4.69) is 37.1 Å². The lowest BCUT2D eigenvalue weighted by Gasteiger charge is -2.36.